The first kappa shape index (κ1) is 11.7. The molecule has 106 valence electrons. The fourth-order valence-corrected chi connectivity index (χ4v) is 3.46. The number of rotatable bonds is 1. The minimum Gasteiger partial charge on any atom is -0.660 e. The van der Waals surface area contributed by atoms with Gasteiger partial charge in [0.1, 0.15) is 0 Å². The Kier molecular flexibility index (Phi) is 2.18. The molecule has 3 nitrogen and oxygen atoms in total. The van der Waals surface area contributed by atoms with E-state index >= 15 is 0 Å². The first-order chi connectivity index (χ1) is 10.9. The molecule has 2 aliphatic rings. The molecule has 22 heavy (non-hydrogen) atoms. The van der Waals surface area contributed by atoms with Crippen molar-refractivity contribution in [3.05, 3.63) is 78.9 Å². The number of nitrogens with zero attached hydrogens (tertiary/aromatic N) is 1. The molecule has 0 unspecified atom stereocenters. The Labute approximate surface area is 128 Å². The molecule has 0 amide bonds. The van der Waals surface area contributed by atoms with Crippen LogP contribution in [0.1, 0.15) is 0 Å². The monoisotopic (exact) mass is 286 g/mol. The number of anilines is 2. The van der Waals surface area contributed by atoms with Gasteiger partial charge < -0.3 is 14.1 Å². The fourth-order valence-electron chi connectivity index (χ4n) is 3.46. The highest BCUT2D eigenvalue weighted by Crippen LogP contribution is 2.52. The molecule has 0 aliphatic carbocycles. The van der Waals surface area contributed by atoms with Crippen LogP contribution in [0.25, 0.3) is 0 Å². The second-order valence-corrected chi connectivity index (χ2v) is 5.62. The van der Waals surface area contributed by atoms with Crippen LogP contribution in [0.3, 0.4) is 0 Å². The average Bonchev–Trinajstić information content (AvgIpc) is 3.07. The topological polar surface area (TPSA) is 21.7 Å². The average molecular weight is 286 g/mol. The standard InChI is InChI=1S/C18H13BNO2/c1-2-8-14(9-3-1)19-20(15-10-4-6-12-17(15)21-19)16-11-5-7-13-18(16)22-19/h1-13H/q-1. The van der Waals surface area contributed by atoms with Crippen LogP contribution in [0.15, 0.2) is 78.9 Å². The van der Waals surface area contributed by atoms with Crippen molar-refractivity contribution in [2.45, 2.75) is 0 Å². The van der Waals surface area contributed by atoms with Crippen LogP contribution in [0.2, 0.25) is 0 Å². The molecule has 5 rings (SSSR count). The third kappa shape index (κ3) is 1.36. The molecule has 0 bridgehead atoms. The molecular weight excluding hydrogens is 273 g/mol. The van der Waals surface area contributed by atoms with E-state index in [2.05, 4.69) is 29.1 Å². The molecule has 0 atom stereocenters. The van der Waals surface area contributed by atoms with Gasteiger partial charge in [-0.15, -0.1) is 0 Å². The number of benzene rings is 3. The van der Waals surface area contributed by atoms with Crippen molar-refractivity contribution in [1.82, 2.24) is 0 Å². The fraction of sp³-hybridized carbons (Fsp3) is 0. The molecular formula is C18H13BNO2-. The number of para-hydroxylation sites is 4. The molecule has 0 fully saturated rings. The van der Waals surface area contributed by atoms with Crippen molar-refractivity contribution in [3.8, 4) is 11.5 Å². The van der Waals surface area contributed by atoms with Crippen molar-refractivity contribution in [2.24, 2.45) is 0 Å². The predicted octanol–water partition coefficient (Wildman–Crippen LogP) is 3.46. The molecule has 3 aromatic carbocycles. The van der Waals surface area contributed by atoms with Crippen LogP contribution in [-0.2, 0) is 0 Å². The SMILES string of the molecule is c1ccc([B-]23Oc4ccccc4N2c2ccccc2O3)cc1. The van der Waals surface area contributed by atoms with E-state index in [1.807, 2.05) is 54.6 Å². The summed E-state index contributed by atoms with van der Waals surface area (Å²) < 4.78 is 12.7. The third-order valence-corrected chi connectivity index (χ3v) is 4.38. The lowest BCUT2D eigenvalue weighted by molar-refractivity contribution is 0.429. The normalized spacial score (nSPS) is 16.3. The number of hydrogen-bond donors (Lipinski definition) is 0. The maximum absolute atomic E-state index is 6.35. The van der Waals surface area contributed by atoms with E-state index in [1.54, 1.807) is 0 Å². The summed E-state index contributed by atoms with van der Waals surface area (Å²) >= 11 is 0. The lowest BCUT2D eigenvalue weighted by Crippen LogP contribution is -2.64. The highest BCUT2D eigenvalue weighted by molar-refractivity contribution is 6.88. The predicted molar refractivity (Wildman–Crippen MR) is 88.1 cm³/mol. The van der Waals surface area contributed by atoms with E-state index in [9.17, 15) is 0 Å². The van der Waals surface area contributed by atoms with Gasteiger partial charge in [0.05, 0.1) is 11.5 Å². The van der Waals surface area contributed by atoms with Crippen LogP contribution in [0, 0.1) is 0 Å². The summed E-state index contributed by atoms with van der Waals surface area (Å²) in [5.41, 5.74) is 3.14. The lowest BCUT2D eigenvalue weighted by Gasteiger charge is -2.38. The van der Waals surface area contributed by atoms with Gasteiger partial charge in [0.15, 0.2) is 0 Å². The van der Waals surface area contributed by atoms with Crippen molar-refractivity contribution >= 4 is 23.5 Å². The zero-order valence-corrected chi connectivity index (χ0v) is 11.8. The molecule has 0 N–H and O–H groups in total. The van der Waals surface area contributed by atoms with E-state index in [4.69, 9.17) is 9.31 Å². The van der Waals surface area contributed by atoms with Crippen molar-refractivity contribution in [1.29, 1.82) is 0 Å². The smallest absolute Gasteiger partial charge is 0.491 e. The summed E-state index contributed by atoms with van der Waals surface area (Å²) in [4.78, 5) is 2.19. The molecule has 0 aromatic heterocycles. The van der Waals surface area contributed by atoms with Gasteiger partial charge in [-0.05, 0) is 24.3 Å². The maximum atomic E-state index is 6.35. The Morgan fingerprint density at radius 3 is 1.68 bits per heavy atom. The summed E-state index contributed by atoms with van der Waals surface area (Å²) in [5.74, 6) is 1.72. The van der Waals surface area contributed by atoms with Gasteiger partial charge in [0.25, 0.3) is 0 Å². The second kappa shape index (κ2) is 4.07. The Morgan fingerprint density at radius 1 is 0.591 bits per heavy atom. The van der Waals surface area contributed by atoms with E-state index in [0.29, 0.717) is 0 Å². The van der Waals surface area contributed by atoms with Crippen LogP contribution in [0.5, 0.6) is 11.5 Å². The minimum absolute atomic E-state index is 0.862. The number of fused-ring (bicyclic) bond motifs is 5. The molecule has 0 spiro atoms. The molecule has 4 heteroatoms. The summed E-state index contributed by atoms with van der Waals surface area (Å²) in [7, 11) is 0. The van der Waals surface area contributed by atoms with E-state index in [1.165, 1.54) is 0 Å². The highest BCUT2D eigenvalue weighted by Gasteiger charge is 2.51. The zero-order valence-electron chi connectivity index (χ0n) is 11.8. The molecule has 0 radical (unpaired) electrons. The van der Waals surface area contributed by atoms with Crippen molar-refractivity contribution in [2.75, 3.05) is 4.81 Å². The van der Waals surface area contributed by atoms with E-state index in [-0.39, 0.29) is 0 Å². The summed E-state index contributed by atoms with van der Waals surface area (Å²) in [5, 5.41) is 0. The van der Waals surface area contributed by atoms with E-state index in [0.717, 1.165) is 28.3 Å². The number of hydrogen-bond acceptors (Lipinski definition) is 3. The molecule has 2 heterocycles. The van der Waals surface area contributed by atoms with Gasteiger partial charge in [-0.25, -0.2) is 0 Å². The molecule has 0 saturated heterocycles. The zero-order chi connectivity index (χ0) is 14.6. The molecule has 3 aromatic rings. The van der Waals surface area contributed by atoms with Gasteiger partial charge >= 0.3 is 6.69 Å². The quantitative estimate of drug-likeness (QED) is 0.639. The summed E-state index contributed by atoms with van der Waals surface area (Å²) in [6, 6.07) is 26.3. The minimum atomic E-state index is -1.76. The largest absolute Gasteiger partial charge is 0.660 e. The molecule has 2 aliphatic heterocycles. The Morgan fingerprint density at radius 2 is 1.09 bits per heavy atom. The van der Waals surface area contributed by atoms with Gasteiger partial charge in [-0.2, -0.15) is 0 Å². The Bertz CT molecular complexity index is 816. The van der Waals surface area contributed by atoms with Gasteiger partial charge in [0.2, 0.25) is 0 Å². The highest BCUT2D eigenvalue weighted by atomic mass is 16.6. The van der Waals surface area contributed by atoms with Gasteiger partial charge in [0, 0.05) is 11.4 Å². The first-order valence-electron chi connectivity index (χ1n) is 7.44. The molecule has 0 saturated carbocycles. The van der Waals surface area contributed by atoms with Crippen molar-refractivity contribution in [3.63, 3.8) is 0 Å². The Balaban J connectivity index is 1.80. The maximum Gasteiger partial charge on any atom is 0.491 e. The Hall–Kier alpha value is -2.88. The first-order valence-corrected chi connectivity index (χ1v) is 7.44. The van der Waals surface area contributed by atoms with Gasteiger partial charge in [-0.3, -0.25) is 0 Å². The summed E-state index contributed by atoms with van der Waals surface area (Å²) in [6.07, 6.45) is 0. The van der Waals surface area contributed by atoms with E-state index < -0.39 is 6.69 Å². The van der Waals surface area contributed by atoms with Crippen LogP contribution < -0.4 is 19.6 Å². The second-order valence-electron chi connectivity index (χ2n) is 5.62. The van der Waals surface area contributed by atoms with Crippen molar-refractivity contribution < 1.29 is 9.31 Å². The van der Waals surface area contributed by atoms with Crippen LogP contribution in [-0.4, -0.2) is 6.69 Å². The van der Waals surface area contributed by atoms with Crippen LogP contribution in [0.4, 0.5) is 11.4 Å². The summed E-state index contributed by atoms with van der Waals surface area (Å²) in [6.45, 7) is -1.76. The van der Waals surface area contributed by atoms with Gasteiger partial charge in [-0.1, -0.05) is 60.1 Å². The van der Waals surface area contributed by atoms with Crippen LogP contribution >= 0.6 is 0 Å². The lowest BCUT2D eigenvalue weighted by atomic mass is 9.63. The third-order valence-electron chi connectivity index (χ3n) is 4.38.